The first-order valence-electron chi connectivity index (χ1n) is 11.7. The normalized spacial score (nSPS) is 17.5. The molecule has 32 heavy (non-hydrogen) atoms. The lowest BCUT2D eigenvalue weighted by atomic mass is 9.93. The summed E-state index contributed by atoms with van der Waals surface area (Å²) >= 11 is 0. The molecule has 0 atom stereocenters. The summed E-state index contributed by atoms with van der Waals surface area (Å²) in [5, 5.41) is 6.20. The number of piperidine rings is 1. The summed E-state index contributed by atoms with van der Waals surface area (Å²) < 4.78 is 16.0. The first kappa shape index (κ1) is 24.0. The first-order chi connectivity index (χ1) is 15.5. The second kappa shape index (κ2) is 11.8. The van der Waals surface area contributed by atoms with Crippen LogP contribution in [0, 0.1) is 5.92 Å². The molecule has 1 aromatic carbocycles. The van der Waals surface area contributed by atoms with Gasteiger partial charge in [0.1, 0.15) is 0 Å². The predicted octanol–water partition coefficient (Wildman–Crippen LogP) is 3.59. The lowest BCUT2D eigenvalue weighted by Crippen LogP contribution is -2.48. The molecule has 0 aromatic heterocycles. The molecule has 1 saturated carbocycles. The van der Waals surface area contributed by atoms with Crippen LogP contribution in [0.25, 0.3) is 0 Å². The number of nitrogens with zero attached hydrogens (tertiary/aromatic N) is 1. The summed E-state index contributed by atoms with van der Waals surface area (Å²) in [7, 11) is 4.59. The first-order valence-corrected chi connectivity index (χ1v) is 11.7. The molecular weight excluding hydrogens is 410 g/mol. The highest BCUT2D eigenvalue weighted by Crippen LogP contribution is 2.38. The molecule has 178 valence electrons. The van der Waals surface area contributed by atoms with Crippen LogP contribution in [-0.2, 0) is 0 Å². The van der Waals surface area contributed by atoms with E-state index in [0.29, 0.717) is 41.3 Å². The molecule has 1 heterocycles. The summed E-state index contributed by atoms with van der Waals surface area (Å²) in [4.78, 5) is 27.1. The number of benzene rings is 1. The van der Waals surface area contributed by atoms with Crippen molar-refractivity contribution in [1.82, 2.24) is 15.5 Å². The van der Waals surface area contributed by atoms with Crippen LogP contribution in [0.5, 0.6) is 17.2 Å². The van der Waals surface area contributed by atoms with Gasteiger partial charge in [0.25, 0.3) is 5.91 Å². The van der Waals surface area contributed by atoms with Crippen LogP contribution < -0.4 is 24.8 Å². The van der Waals surface area contributed by atoms with Crippen molar-refractivity contribution in [3.8, 4) is 17.2 Å². The minimum atomic E-state index is -0.173. The fourth-order valence-corrected chi connectivity index (χ4v) is 4.64. The largest absolute Gasteiger partial charge is 0.493 e. The fraction of sp³-hybridized carbons (Fsp3) is 0.667. The number of urea groups is 1. The summed E-state index contributed by atoms with van der Waals surface area (Å²) in [6.07, 6.45) is 8.77. The van der Waals surface area contributed by atoms with Gasteiger partial charge in [0.05, 0.1) is 21.3 Å². The highest BCUT2D eigenvalue weighted by molar-refractivity contribution is 5.95. The average Bonchev–Trinajstić information content (AvgIpc) is 2.83. The van der Waals surface area contributed by atoms with Crippen molar-refractivity contribution in [3.63, 3.8) is 0 Å². The van der Waals surface area contributed by atoms with Crippen LogP contribution in [0.15, 0.2) is 12.1 Å². The summed E-state index contributed by atoms with van der Waals surface area (Å²) in [6, 6.07) is 3.74. The van der Waals surface area contributed by atoms with Crippen LogP contribution in [0.1, 0.15) is 61.7 Å². The van der Waals surface area contributed by atoms with Gasteiger partial charge in [0.15, 0.2) is 11.5 Å². The van der Waals surface area contributed by atoms with Gasteiger partial charge >= 0.3 is 6.03 Å². The molecule has 0 bridgehead atoms. The molecule has 8 nitrogen and oxygen atoms in total. The van der Waals surface area contributed by atoms with Crippen molar-refractivity contribution in [2.75, 3.05) is 41.0 Å². The maximum absolute atomic E-state index is 12.6. The Hall–Kier alpha value is -2.64. The molecule has 0 spiro atoms. The van der Waals surface area contributed by atoms with Gasteiger partial charge in [-0.1, -0.05) is 19.3 Å². The highest BCUT2D eigenvalue weighted by atomic mass is 16.5. The van der Waals surface area contributed by atoms with Gasteiger partial charge in [0.2, 0.25) is 5.75 Å². The van der Waals surface area contributed by atoms with E-state index in [1.54, 1.807) is 12.1 Å². The Bertz CT molecular complexity index is 746. The van der Waals surface area contributed by atoms with Gasteiger partial charge < -0.3 is 29.7 Å². The lowest BCUT2D eigenvalue weighted by Gasteiger charge is -2.34. The molecule has 2 aliphatic rings. The Kier molecular flexibility index (Phi) is 8.88. The number of amides is 3. The molecule has 1 saturated heterocycles. The maximum atomic E-state index is 12.6. The van der Waals surface area contributed by atoms with E-state index in [2.05, 4.69) is 10.6 Å². The molecule has 0 unspecified atom stereocenters. The number of likely N-dealkylation sites (tertiary alicyclic amines) is 1. The molecule has 1 aliphatic heterocycles. The fourth-order valence-electron chi connectivity index (χ4n) is 4.64. The molecular formula is C24H37N3O5. The third-order valence-corrected chi connectivity index (χ3v) is 6.60. The Morgan fingerprint density at radius 2 is 1.56 bits per heavy atom. The molecule has 1 aliphatic carbocycles. The SMILES string of the molecule is COc1cc(C(=O)NCCC2CCN(C(=O)NC3CCCCC3)CC2)cc(OC)c1OC. The predicted molar refractivity (Wildman–Crippen MR) is 123 cm³/mol. The van der Waals surface area contributed by atoms with Gasteiger partial charge in [0, 0.05) is 31.2 Å². The molecule has 2 N–H and O–H groups in total. The van der Waals surface area contributed by atoms with Gasteiger partial charge in [-0.05, 0) is 50.2 Å². The zero-order chi connectivity index (χ0) is 22.9. The molecule has 8 heteroatoms. The molecule has 1 aromatic rings. The summed E-state index contributed by atoms with van der Waals surface area (Å²) in [5.41, 5.74) is 0.466. The van der Waals surface area contributed by atoms with E-state index in [4.69, 9.17) is 14.2 Å². The minimum Gasteiger partial charge on any atom is -0.493 e. The van der Waals surface area contributed by atoms with Crippen LogP contribution in [0.4, 0.5) is 4.79 Å². The second-order valence-corrected chi connectivity index (χ2v) is 8.67. The van der Waals surface area contributed by atoms with Crippen molar-refractivity contribution in [2.45, 2.75) is 57.4 Å². The van der Waals surface area contributed by atoms with E-state index in [9.17, 15) is 9.59 Å². The van der Waals surface area contributed by atoms with E-state index in [0.717, 1.165) is 45.2 Å². The minimum absolute atomic E-state index is 0.0889. The average molecular weight is 448 g/mol. The summed E-state index contributed by atoms with van der Waals surface area (Å²) in [5.74, 6) is 1.71. The van der Waals surface area contributed by atoms with E-state index >= 15 is 0 Å². The number of carbonyl (C=O) groups is 2. The number of nitrogens with one attached hydrogen (secondary N) is 2. The zero-order valence-electron chi connectivity index (χ0n) is 19.6. The van der Waals surface area contributed by atoms with E-state index in [1.807, 2.05) is 4.90 Å². The van der Waals surface area contributed by atoms with Gasteiger partial charge in [-0.3, -0.25) is 4.79 Å². The van der Waals surface area contributed by atoms with Gasteiger partial charge in [-0.15, -0.1) is 0 Å². The number of hydrogen-bond donors (Lipinski definition) is 2. The molecule has 3 rings (SSSR count). The van der Waals surface area contributed by atoms with Crippen molar-refractivity contribution in [2.24, 2.45) is 5.92 Å². The molecule has 2 fully saturated rings. The maximum Gasteiger partial charge on any atom is 0.317 e. The quantitative estimate of drug-likeness (QED) is 0.636. The van der Waals surface area contributed by atoms with Crippen LogP contribution >= 0.6 is 0 Å². The second-order valence-electron chi connectivity index (χ2n) is 8.67. The summed E-state index contributed by atoms with van der Waals surface area (Å²) in [6.45, 7) is 2.16. The topological polar surface area (TPSA) is 89.1 Å². The number of carbonyl (C=O) groups excluding carboxylic acids is 2. The van der Waals surface area contributed by atoms with E-state index in [1.165, 1.54) is 40.6 Å². The molecule has 0 radical (unpaired) electrons. The molecule has 3 amide bonds. The van der Waals surface area contributed by atoms with E-state index in [-0.39, 0.29) is 11.9 Å². The third kappa shape index (κ3) is 6.20. The smallest absolute Gasteiger partial charge is 0.317 e. The number of hydrogen-bond acceptors (Lipinski definition) is 5. The van der Waals surface area contributed by atoms with Gasteiger partial charge in [-0.2, -0.15) is 0 Å². The van der Waals surface area contributed by atoms with Crippen molar-refractivity contribution >= 4 is 11.9 Å². The van der Waals surface area contributed by atoms with E-state index < -0.39 is 0 Å². The van der Waals surface area contributed by atoms with Crippen molar-refractivity contribution in [1.29, 1.82) is 0 Å². The lowest BCUT2D eigenvalue weighted by molar-refractivity contribution is 0.0948. The Morgan fingerprint density at radius 1 is 0.938 bits per heavy atom. The number of ether oxygens (including phenoxy) is 3. The Balaban J connectivity index is 1.41. The number of methoxy groups -OCH3 is 3. The van der Waals surface area contributed by atoms with Gasteiger partial charge in [-0.25, -0.2) is 4.79 Å². The zero-order valence-corrected chi connectivity index (χ0v) is 19.6. The van der Waals surface area contributed by atoms with Crippen LogP contribution in [0.3, 0.4) is 0 Å². The number of rotatable bonds is 8. The Labute approximate surface area is 191 Å². The Morgan fingerprint density at radius 3 is 2.12 bits per heavy atom. The van der Waals surface area contributed by atoms with Crippen molar-refractivity contribution < 1.29 is 23.8 Å². The standard InChI is InChI=1S/C24H37N3O5/c1-30-20-15-18(16-21(31-2)22(20)32-3)23(28)25-12-9-17-10-13-27(14-11-17)24(29)26-19-7-5-4-6-8-19/h15-17,19H,4-14H2,1-3H3,(H,25,28)(H,26,29). The van der Waals surface area contributed by atoms with Crippen molar-refractivity contribution in [3.05, 3.63) is 17.7 Å². The highest BCUT2D eigenvalue weighted by Gasteiger charge is 2.25. The third-order valence-electron chi connectivity index (χ3n) is 6.60. The van der Waals surface area contributed by atoms with Crippen LogP contribution in [-0.4, -0.2) is 63.8 Å². The van der Waals surface area contributed by atoms with Crippen LogP contribution in [0.2, 0.25) is 0 Å². The monoisotopic (exact) mass is 447 g/mol.